The summed E-state index contributed by atoms with van der Waals surface area (Å²) in [6.07, 6.45) is 4.54. The Bertz CT molecular complexity index is 592. The maximum atomic E-state index is 12.8. The molecule has 0 saturated heterocycles. The van der Waals surface area contributed by atoms with Crippen LogP contribution in [0.15, 0.2) is 24.3 Å². The number of aliphatic carboxylic acids is 1. The lowest BCUT2D eigenvalue weighted by molar-refractivity contribution is -0.142. The number of benzene rings is 1. The van der Waals surface area contributed by atoms with E-state index in [9.17, 15) is 9.59 Å². The quantitative estimate of drug-likeness (QED) is 0.772. The highest BCUT2D eigenvalue weighted by Gasteiger charge is 2.29. The van der Waals surface area contributed by atoms with E-state index < -0.39 is 5.97 Å². The molecule has 1 atom stereocenters. The maximum absolute atomic E-state index is 12.8. The van der Waals surface area contributed by atoms with Gasteiger partial charge >= 0.3 is 12.0 Å². The second kappa shape index (κ2) is 9.60. The molecule has 144 valence electrons. The van der Waals surface area contributed by atoms with Crippen LogP contribution in [-0.4, -0.2) is 40.6 Å². The lowest BCUT2D eigenvalue weighted by Gasteiger charge is -2.34. The Balaban J connectivity index is 1.93. The molecule has 1 aromatic carbocycles. The van der Waals surface area contributed by atoms with Crippen molar-refractivity contribution in [2.24, 2.45) is 5.92 Å². The number of nitrogens with zero attached hydrogens (tertiary/aromatic N) is 1. The first-order valence-corrected chi connectivity index (χ1v) is 9.80. The highest BCUT2D eigenvalue weighted by Crippen LogP contribution is 2.25. The minimum absolute atomic E-state index is 0.0229. The molecule has 0 spiro atoms. The van der Waals surface area contributed by atoms with E-state index in [-0.39, 0.29) is 24.0 Å². The van der Waals surface area contributed by atoms with Crippen LogP contribution in [0.2, 0.25) is 0 Å². The third-order valence-corrected chi connectivity index (χ3v) is 5.51. The van der Waals surface area contributed by atoms with Crippen molar-refractivity contribution < 1.29 is 14.7 Å². The number of carboxylic acid groups (broad SMARTS) is 1. The van der Waals surface area contributed by atoms with Crippen molar-refractivity contribution in [1.29, 1.82) is 0 Å². The summed E-state index contributed by atoms with van der Waals surface area (Å²) in [6.45, 7) is 6.87. The molecule has 1 unspecified atom stereocenters. The van der Waals surface area contributed by atoms with Crippen LogP contribution in [0.4, 0.5) is 4.79 Å². The number of carbonyl (C=O) groups is 2. The first-order valence-electron chi connectivity index (χ1n) is 9.80. The predicted octanol–water partition coefficient (Wildman–Crippen LogP) is 3.99. The molecule has 5 nitrogen and oxygen atoms in total. The summed E-state index contributed by atoms with van der Waals surface area (Å²) in [5.41, 5.74) is 2.49. The summed E-state index contributed by atoms with van der Waals surface area (Å²) in [5, 5.41) is 12.2. The molecule has 1 aliphatic rings. The summed E-state index contributed by atoms with van der Waals surface area (Å²) >= 11 is 0. The Kier molecular flexibility index (Phi) is 7.49. The Morgan fingerprint density at radius 1 is 1.15 bits per heavy atom. The molecule has 1 fully saturated rings. The smallest absolute Gasteiger partial charge is 0.317 e. The minimum atomic E-state index is -0.714. The monoisotopic (exact) mass is 360 g/mol. The van der Waals surface area contributed by atoms with Crippen molar-refractivity contribution in [3.05, 3.63) is 35.4 Å². The van der Waals surface area contributed by atoms with Crippen LogP contribution < -0.4 is 5.32 Å². The first kappa shape index (κ1) is 20.3. The largest absolute Gasteiger partial charge is 0.481 e. The number of urea groups is 1. The van der Waals surface area contributed by atoms with E-state index in [0.29, 0.717) is 19.4 Å². The Morgan fingerprint density at radius 3 is 2.27 bits per heavy atom. The van der Waals surface area contributed by atoms with E-state index in [4.69, 9.17) is 5.11 Å². The van der Waals surface area contributed by atoms with Gasteiger partial charge in [0.15, 0.2) is 0 Å². The highest BCUT2D eigenvalue weighted by molar-refractivity contribution is 5.75. The standard InChI is InChI=1S/C21H32N2O3/c1-4-19(14-16-8-6-15(3)7-9-16)23(5-2)21(26)22-18-12-10-17(11-13-18)20(24)25/h6-9,17-19H,4-5,10-14H2,1-3H3,(H,22,26)(H,24,25). The molecule has 0 bridgehead atoms. The van der Waals surface area contributed by atoms with Crippen molar-refractivity contribution in [1.82, 2.24) is 10.2 Å². The van der Waals surface area contributed by atoms with Crippen molar-refractivity contribution in [2.45, 2.75) is 71.4 Å². The van der Waals surface area contributed by atoms with Gasteiger partial charge in [-0.2, -0.15) is 0 Å². The average Bonchev–Trinajstić information content (AvgIpc) is 2.63. The number of hydrogen-bond donors (Lipinski definition) is 2. The number of amides is 2. The number of rotatable bonds is 7. The summed E-state index contributed by atoms with van der Waals surface area (Å²) in [5.74, 6) is -0.968. The Hall–Kier alpha value is -2.04. The lowest BCUT2D eigenvalue weighted by Crippen LogP contribution is -2.50. The van der Waals surface area contributed by atoms with Crippen LogP contribution in [0.5, 0.6) is 0 Å². The number of carboxylic acids is 1. The molecule has 1 saturated carbocycles. The topological polar surface area (TPSA) is 69.6 Å². The number of nitrogens with one attached hydrogen (secondary N) is 1. The Labute approximate surface area is 156 Å². The van der Waals surface area contributed by atoms with Gasteiger partial charge in [-0.25, -0.2) is 4.79 Å². The molecule has 0 aromatic heterocycles. The zero-order valence-electron chi connectivity index (χ0n) is 16.2. The molecule has 2 rings (SSSR count). The van der Waals surface area contributed by atoms with Crippen LogP contribution in [0.25, 0.3) is 0 Å². The minimum Gasteiger partial charge on any atom is -0.481 e. The molecule has 0 aliphatic heterocycles. The average molecular weight is 360 g/mol. The van der Waals surface area contributed by atoms with Gasteiger partial charge in [-0.1, -0.05) is 36.8 Å². The van der Waals surface area contributed by atoms with Gasteiger partial charge in [0.1, 0.15) is 0 Å². The van der Waals surface area contributed by atoms with E-state index in [1.807, 2.05) is 11.8 Å². The van der Waals surface area contributed by atoms with Gasteiger partial charge < -0.3 is 15.3 Å². The third kappa shape index (κ3) is 5.48. The maximum Gasteiger partial charge on any atom is 0.317 e. The van der Waals surface area contributed by atoms with E-state index in [0.717, 1.165) is 25.7 Å². The second-order valence-corrected chi connectivity index (χ2v) is 7.37. The van der Waals surface area contributed by atoms with Gasteiger partial charge in [-0.15, -0.1) is 0 Å². The lowest BCUT2D eigenvalue weighted by atomic mass is 9.86. The van der Waals surface area contributed by atoms with Gasteiger partial charge in [0, 0.05) is 18.6 Å². The fraction of sp³-hybridized carbons (Fsp3) is 0.619. The molecular weight excluding hydrogens is 328 g/mol. The fourth-order valence-electron chi connectivity index (χ4n) is 3.78. The summed E-state index contributed by atoms with van der Waals surface area (Å²) < 4.78 is 0. The predicted molar refractivity (Wildman–Crippen MR) is 103 cm³/mol. The zero-order valence-corrected chi connectivity index (χ0v) is 16.2. The fourth-order valence-corrected chi connectivity index (χ4v) is 3.78. The van der Waals surface area contributed by atoms with E-state index in [2.05, 4.69) is 43.4 Å². The molecule has 5 heteroatoms. The highest BCUT2D eigenvalue weighted by atomic mass is 16.4. The van der Waals surface area contributed by atoms with Gasteiger partial charge in [-0.3, -0.25) is 4.79 Å². The molecule has 1 aromatic rings. The molecule has 26 heavy (non-hydrogen) atoms. The van der Waals surface area contributed by atoms with Gasteiger partial charge in [0.2, 0.25) is 0 Å². The molecule has 1 aliphatic carbocycles. The number of aryl methyl sites for hydroxylation is 1. The first-order chi connectivity index (χ1) is 12.4. The van der Waals surface area contributed by atoms with Crippen LogP contribution in [-0.2, 0) is 11.2 Å². The molecular formula is C21H32N2O3. The van der Waals surface area contributed by atoms with Crippen LogP contribution >= 0.6 is 0 Å². The molecule has 2 N–H and O–H groups in total. The normalized spacial score (nSPS) is 21.0. The van der Waals surface area contributed by atoms with Gasteiger partial charge in [0.05, 0.1) is 5.92 Å². The summed E-state index contributed by atoms with van der Waals surface area (Å²) in [4.78, 5) is 25.8. The van der Waals surface area contributed by atoms with Crippen LogP contribution in [0, 0.1) is 12.8 Å². The van der Waals surface area contributed by atoms with Gasteiger partial charge in [0.25, 0.3) is 0 Å². The third-order valence-electron chi connectivity index (χ3n) is 5.51. The summed E-state index contributed by atoms with van der Waals surface area (Å²) in [6, 6.07) is 8.72. The van der Waals surface area contributed by atoms with Crippen molar-refractivity contribution in [2.75, 3.05) is 6.54 Å². The number of carbonyl (C=O) groups excluding carboxylic acids is 1. The summed E-state index contributed by atoms with van der Waals surface area (Å²) in [7, 11) is 0. The van der Waals surface area contributed by atoms with Crippen molar-refractivity contribution >= 4 is 12.0 Å². The van der Waals surface area contributed by atoms with E-state index in [1.165, 1.54) is 11.1 Å². The number of hydrogen-bond acceptors (Lipinski definition) is 2. The second-order valence-electron chi connectivity index (χ2n) is 7.37. The van der Waals surface area contributed by atoms with E-state index in [1.54, 1.807) is 0 Å². The Morgan fingerprint density at radius 2 is 1.77 bits per heavy atom. The SMILES string of the molecule is CCC(Cc1ccc(C)cc1)N(CC)C(=O)NC1CCC(C(=O)O)CC1. The molecule has 0 radical (unpaired) electrons. The van der Waals surface area contributed by atoms with Crippen molar-refractivity contribution in [3.8, 4) is 0 Å². The van der Waals surface area contributed by atoms with E-state index >= 15 is 0 Å². The van der Waals surface area contributed by atoms with Crippen molar-refractivity contribution in [3.63, 3.8) is 0 Å². The number of likely N-dealkylation sites (N-methyl/N-ethyl adjacent to an activating group) is 1. The van der Waals surface area contributed by atoms with Crippen LogP contribution in [0.3, 0.4) is 0 Å². The molecule has 0 heterocycles. The van der Waals surface area contributed by atoms with Crippen LogP contribution in [0.1, 0.15) is 57.1 Å². The van der Waals surface area contributed by atoms with Gasteiger partial charge in [-0.05, 0) is 57.9 Å². The molecule has 2 amide bonds. The zero-order chi connectivity index (χ0) is 19.1.